The van der Waals surface area contributed by atoms with E-state index in [0.29, 0.717) is 16.5 Å². The van der Waals surface area contributed by atoms with Crippen molar-refractivity contribution in [2.45, 2.75) is 23.2 Å². The summed E-state index contributed by atoms with van der Waals surface area (Å²) in [5, 5.41) is 14.7. The van der Waals surface area contributed by atoms with Crippen molar-refractivity contribution in [2.24, 2.45) is 7.05 Å². The number of β-lactam (4-membered cyclic amide) rings is 1. The van der Waals surface area contributed by atoms with E-state index < -0.39 is 35.8 Å². The first-order chi connectivity index (χ1) is 22.4. The normalized spacial score (nSPS) is 19.0. The SMILES string of the molecule is COc1cccc(C(=O)N[C@]2(OC)C(=O)N3C(C(=O)OC(c4ccccc4)c4ccccc4)=C(CSc4nnnn4C)CO[C@@H]32)c1. The van der Waals surface area contributed by atoms with Crippen LogP contribution in [-0.2, 0) is 30.8 Å². The van der Waals surface area contributed by atoms with E-state index in [1.807, 2.05) is 60.7 Å². The van der Waals surface area contributed by atoms with Crippen LogP contribution < -0.4 is 10.1 Å². The lowest BCUT2D eigenvalue weighted by Gasteiger charge is -2.55. The van der Waals surface area contributed by atoms with Crippen molar-refractivity contribution < 1.29 is 33.3 Å². The maximum atomic E-state index is 14.2. The fraction of sp³-hybridized carbons (Fsp3) is 0.250. The maximum Gasteiger partial charge on any atom is 0.356 e. The Bertz CT molecular complexity index is 1740. The van der Waals surface area contributed by atoms with E-state index in [9.17, 15) is 14.4 Å². The summed E-state index contributed by atoms with van der Waals surface area (Å²) in [6.07, 6.45) is -1.92. The highest BCUT2D eigenvalue weighted by molar-refractivity contribution is 7.99. The second-order valence-electron chi connectivity index (χ2n) is 10.4. The number of nitrogens with zero attached hydrogens (tertiary/aromatic N) is 5. The zero-order chi connectivity index (χ0) is 32.3. The van der Waals surface area contributed by atoms with Gasteiger partial charge in [0.2, 0.25) is 5.16 Å². The third-order valence-electron chi connectivity index (χ3n) is 7.64. The molecular formula is C32H30N6O7S. The Morgan fingerprint density at radius 2 is 1.74 bits per heavy atom. The van der Waals surface area contributed by atoms with Gasteiger partial charge in [0, 0.05) is 25.5 Å². The number of nitrogens with one attached hydrogen (secondary N) is 1. The number of hydrogen-bond donors (Lipinski definition) is 1. The zero-order valence-electron chi connectivity index (χ0n) is 25.2. The summed E-state index contributed by atoms with van der Waals surface area (Å²) >= 11 is 1.27. The Kier molecular flexibility index (Phi) is 8.83. The molecule has 0 aliphatic carbocycles. The molecule has 6 rings (SSSR count). The molecule has 46 heavy (non-hydrogen) atoms. The topological polar surface area (TPSA) is 147 Å². The predicted molar refractivity (Wildman–Crippen MR) is 164 cm³/mol. The van der Waals surface area contributed by atoms with Gasteiger partial charge in [0.25, 0.3) is 17.5 Å². The average Bonchev–Trinajstić information content (AvgIpc) is 3.52. The second-order valence-corrected chi connectivity index (χ2v) is 11.3. The molecule has 2 aliphatic rings. The Morgan fingerprint density at radius 3 is 2.35 bits per heavy atom. The van der Waals surface area contributed by atoms with Gasteiger partial charge in [0.05, 0.1) is 13.7 Å². The van der Waals surface area contributed by atoms with Gasteiger partial charge in [-0.15, -0.1) is 5.10 Å². The van der Waals surface area contributed by atoms with Crippen LogP contribution in [0.5, 0.6) is 5.75 Å². The highest BCUT2D eigenvalue weighted by Crippen LogP contribution is 2.42. The van der Waals surface area contributed by atoms with Crippen molar-refractivity contribution in [3.8, 4) is 5.75 Å². The molecule has 3 heterocycles. The van der Waals surface area contributed by atoms with Crippen LogP contribution in [0.1, 0.15) is 27.6 Å². The van der Waals surface area contributed by atoms with E-state index in [1.54, 1.807) is 25.2 Å². The van der Waals surface area contributed by atoms with Crippen LogP contribution in [0, 0.1) is 0 Å². The lowest BCUT2D eigenvalue weighted by atomic mass is 9.93. The molecule has 13 nitrogen and oxygen atoms in total. The van der Waals surface area contributed by atoms with Crippen LogP contribution in [-0.4, -0.2) is 81.4 Å². The van der Waals surface area contributed by atoms with Gasteiger partial charge in [-0.25, -0.2) is 9.48 Å². The fourth-order valence-electron chi connectivity index (χ4n) is 5.29. The van der Waals surface area contributed by atoms with E-state index in [2.05, 4.69) is 20.8 Å². The molecule has 0 radical (unpaired) electrons. The largest absolute Gasteiger partial charge is 0.497 e. The van der Waals surface area contributed by atoms with Gasteiger partial charge in [0.1, 0.15) is 11.4 Å². The molecular weight excluding hydrogens is 612 g/mol. The van der Waals surface area contributed by atoms with Crippen LogP contribution in [0.4, 0.5) is 0 Å². The molecule has 2 atom stereocenters. The molecule has 1 fully saturated rings. The molecule has 2 aliphatic heterocycles. The highest BCUT2D eigenvalue weighted by atomic mass is 32.2. The Hall–Kier alpha value is -5.05. The van der Waals surface area contributed by atoms with Gasteiger partial charge in [-0.1, -0.05) is 78.5 Å². The summed E-state index contributed by atoms with van der Waals surface area (Å²) in [7, 11) is 4.47. The number of fused-ring (bicyclic) bond motifs is 1. The van der Waals surface area contributed by atoms with Crippen molar-refractivity contribution >= 4 is 29.5 Å². The van der Waals surface area contributed by atoms with Crippen molar-refractivity contribution in [1.29, 1.82) is 0 Å². The predicted octanol–water partition coefficient (Wildman–Crippen LogP) is 2.87. The number of rotatable bonds is 11. The minimum atomic E-state index is -1.89. The molecule has 14 heteroatoms. The van der Waals surface area contributed by atoms with Crippen molar-refractivity contribution in [2.75, 3.05) is 26.6 Å². The van der Waals surface area contributed by atoms with E-state index >= 15 is 0 Å². The van der Waals surface area contributed by atoms with E-state index in [0.717, 1.165) is 11.1 Å². The number of tetrazole rings is 1. The molecule has 1 N–H and O–H groups in total. The van der Waals surface area contributed by atoms with Crippen molar-refractivity contribution in [3.05, 3.63) is 113 Å². The molecule has 0 saturated carbocycles. The lowest BCUT2D eigenvalue weighted by molar-refractivity contribution is -0.256. The van der Waals surface area contributed by atoms with E-state index in [1.165, 1.54) is 41.6 Å². The Morgan fingerprint density at radius 1 is 1.04 bits per heavy atom. The quantitative estimate of drug-likeness (QED) is 0.112. The smallest absolute Gasteiger partial charge is 0.356 e. The molecule has 1 saturated heterocycles. The van der Waals surface area contributed by atoms with Gasteiger partial charge in [-0.05, 0) is 45.3 Å². The zero-order valence-corrected chi connectivity index (χ0v) is 26.0. The van der Waals surface area contributed by atoms with Crippen molar-refractivity contribution in [3.63, 3.8) is 0 Å². The van der Waals surface area contributed by atoms with Gasteiger partial charge in [-0.3, -0.25) is 14.5 Å². The third-order valence-corrected chi connectivity index (χ3v) is 8.74. The molecule has 0 spiro atoms. The molecule has 0 unspecified atom stereocenters. The van der Waals surface area contributed by atoms with E-state index in [4.69, 9.17) is 18.9 Å². The highest BCUT2D eigenvalue weighted by Gasteiger charge is 2.67. The summed E-state index contributed by atoms with van der Waals surface area (Å²) in [5.41, 5.74) is 0.334. The van der Waals surface area contributed by atoms with E-state index in [-0.39, 0.29) is 23.6 Å². The molecule has 4 aromatic rings. The number of carbonyl (C=O) groups excluding carboxylic acids is 3. The number of thioether (sulfide) groups is 1. The van der Waals surface area contributed by atoms with Gasteiger partial charge < -0.3 is 24.3 Å². The fourth-order valence-corrected chi connectivity index (χ4v) is 6.13. The number of methoxy groups -OCH3 is 2. The minimum absolute atomic E-state index is 0.00374. The molecule has 1 aromatic heterocycles. The van der Waals surface area contributed by atoms with Crippen LogP contribution >= 0.6 is 11.8 Å². The van der Waals surface area contributed by atoms with Crippen molar-refractivity contribution in [1.82, 2.24) is 30.4 Å². The Balaban J connectivity index is 1.33. The maximum absolute atomic E-state index is 14.2. The van der Waals surface area contributed by atoms with Crippen LogP contribution in [0.25, 0.3) is 0 Å². The summed E-state index contributed by atoms with van der Waals surface area (Å²) in [6.45, 7) is -0.0569. The van der Waals surface area contributed by atoms with Gasteiger partial charge in [0.15, 0.2) is 12.3 Å². The number of esters is 1. The molecule has 236 valence electrons. The van der Waals surface area contributed by atoms with Gasteiger partial charge in [-0.2, -0.15) is 0 Å². The summed E-state index contributed by atoms with van der Waals surface area (Å²) in [6, 6.07) is 25.1. The monoisotopic (exact) mass is 642 g/mol. The average molecular weight is 643 g/mol. The number of benzene rings is 3. The molecule has 0 bridgehead atoms. The third kappa shape index (κ3) is 5.73. The van der Waals surface area contributed by atoms with Crippen LogP contribution in [0.3, 0.4) is 0 Å². The lowest BCUT2D eigenvalue weighted by Crippen LogP contribution is -2.82. The summed E-state index contributed by atoms with van der Waals surface area (Å²) < 4.78 is 24.7. The van der Waals surface area contributed by atoms with Crippen LogP contribution in [0.2, 0.25) is 0 Å². The molecule has 2 amide bonds. The van der Waals surface area contributed by atoms with Crippen LogP contribution in [0.15, 0.2) is 101 Å². The summed E-state index contributed by atoms with van der Waals surface area (Å²) in [5.74, 6) is -1.34. The number of hydrogen-bond acceptors (Lipinski definition) is 11. The number of aromatic nitrogens is 4. The number of aryl methyl sites for hydroxylation is 1. The number of amides is 2. The first-order valence-electron chi connectivity index (χ1n) is 14.2. The minimum Gasteiger partial charge on any atom is -0.497 e. The first-order valence-corrected chi connectivity index (χ1v) is 15.2. The number of carbonyl (C=O) groups is 3. The standard InChI is InChI=1S/C32H30N6O7S/c1-37-31(34-35-36-37)46-19-23-18-44-30-32(43-3,33-27(39)22-15-10-16-24(17-22)42-2)29(41)38(30)25(23)28(40)45-26(20-11-6-4-7-12-20)21-13-8-5-9-14-21/h4-17,26,30H,18-19H2,1-3H3,(H,33,39)/t30-,32+/m1/s1. The number of ether oxygens (including phenoxy) is 4. The molecule has 3 aromatic carbocycles. The summed E-state index contributed by atoms with van der Waals surface area (Å²) in [4.78, 5) is 42.7. The second kappa shape index (κ2) is 13.1. The van der Waals surface area contributed by atoms with Gasteiger partial charge >= 0.3 is 5.97 Å². The Labute approximate surface area is 268 Å². The first kappa shape index (κ1) is 31.0.